The van der Waals surface area contributed by atoms with Crippen LogP contribution in [0, 0.1) is 0 Å². The van der Waals surface area contributed by atoms with Crippen LogP contribution >= 0.6 is 24.0 Å². The van der Waals surface area contributed by atoms with Crippen molar-refractivity contribution in [1.82, 2.24) is 15.2 Å². The number of anilines is 1. The molecule has 6 nitrogen and oxygen atoms in total. The van der Waals surface area contributed by atoms with Crippen molar-refractivity contribution in [3.63, 3.8) is 0 Å². The molecule has 146 valence electrons. The number of piperidine rings is 1. The third kappa shape index (κ3) is 5.97. The second-order valence-corrected chi connectivity index (χ2v) is 7.08. The molecule has 1 unspecified atom stereocenters. The highest BCUT2D eigenvalue weighted by molar-refractivity contribution is 14.0. The molecule has 1 atom stereocenters. The minimum atomic E-state index is 0. The number of guanidine groups is 1. The number of nitrogens with one attached hydrogen (secondary N) is 1. The number of aliphatic imine (C=N–C) groups is 1. The maximum Gasteiger partial charge on any atom is 0.188 e. The molecule has 1 aromatic rings. The minimum absolute atomic E-state index is 0. The Labute approximate surface area is 174 Å². The minimum Gasteiger partial charge on any atom is -0.370 e. The van der Waals surface area contributed by atoms with Gasteiger partial charge in [-0.15, -0.1) is 24.0 Å². The summed E-state index contributed by atoms with van der Waals surface area (Å²) in [5.41, 5.74) is 7.23. The van der Waals surface area contributed by atoms with E-state index in [0.29, 0.717) is 18.5 Å². The number of nitrogens with zero attached hydrogens (tertiary/aromatic N) is 4. The van der Waals surface area contributed by atoms with E-state index in [1.807, 2.05) is 12.3 Å². The van der Waals surface area contributed by atoms with Gasteiger partial charge in [0.15, 0.2) is 5.96 Å². The number of halogens is 1. The van der Waals surface area contributed by atoms with Crippen LogP contribution in [-0.4, -0.2) is 54.6 Å². The van der Waals surface area contributed by atoms with E-state index >= 15 is 0 Å². The Kier molecular flexibility index (Phi) is 8.90. The zero-order valence-corrected chi connectivity index (χ0v) is 18.2. The molecular weight excluding hydrogens is 439 g/mol. The van der Waals surface area contributed by atoms with E-state index in [2.05, 4.69) is 38.1 Å². The predicted molar refractivity (Wildman–Crippen MR) is 119 cm³/mol. The molecule has 0 radical (unpaired) electrons. The average molecular weight is 472 g/mol. The summed E-state index contributed by atoms with van der Waals surface area (Å²) in [6, 6.07) is 4.77. The molecule has 1 aromatic heterocycles. The first kappa shape index (κ1) is 21.2. The molecule has 2 aliphatic rings. The first-order valence-electron chi connectivity index (χ1n) is 9.74. The van der Waals surface area contributed by atoms with Gasteiger partial charge in [-0.3, -0.25) is 4.90 Å². The van der Waals surface area contributed by atoms with Gasteiger partial charge in [-0.05, 0) is 62.9 Å². The van der Waals surface area contributed by atoms with E-state index in [1.54, 1.807) is 0 Å². The highest BCUT2D eigenvalue weighted by Crippen LogP contribution is 2.19. The third-order valence-electron chi connectivity index (χ3n) is 5.35. The third-order valence-corrected chi connectivity index (χ3v) is 5.35. The Morgan fingerprint density at radius 2 is 2.08 bits per heavy atom. The first-order valence-corrected chi connectivity index (χ1v) is 9.74. The molecule has 0 aliphatic carbocycles. The SMILES string of the molecule is CCN1CCCC1CNC(N)=NCc1ccnc(N2CCCCC2)c1.I. The van der Waals surface area contributed by atoms with E-state index in [-0.39, 0.29) is 24.0 Å². The van der Waals surface area contributed by atoms with E-state index in [4.69, 9.17) is 5.73 Å². The van der Waals surface area contributed by atoms with Crippen LogP contribution < -0.4 is 16.0 Å². The van der Waals surface area contributed by atoms with Crippen LogP contribution in [0.25, 0.3) is 0 Å². The van der Waals surface area contributed by atoms with Gasteiger partial charge in [0.1, 0.15) is 5.82 Å². The summed E-state index contributed by atoms with van der Waals surface area (Å²) in [6.07, 6.45) is 8.27. The van der Waals surface area contributed by atoms with Gasteiger partial charge < -0.3 is 16.0 Å². The van der Waals surface area contributed by atoms with E-state index in [0.717, 1.165) is 37.6 Å². The highest BCUT2D eigenvalue weighted by atomic mass is 127. The normalized spacial score (nSPS) is 21.5. The lowest BCUT2D eigenvalue weighted by Crippen LogP contribution is -2.42. The van der Waals surface area contributed by atoms with Crippen molar-refractivity contribution in [2.24, 2.45) is 10.7 Å². The molecule has 2 saturated heterocycles. The van der Waals surface area contributed by atoms with Gasteiger partial charge >= 0.3 is 0 Å². The van der Waals surface area contributed by atoms with Gasteiger partial charge in [0, 0.05) is 31.9 Å². The van der Waals surface area contributed by atoms with E-state index in [9.17, 15) is 0 Å². The van der Waals surface area contributed by atoms with Gasteiger partial charge in [-0.25, -0.2) is 9.98 Å². The fourth-order valence-electron chi connectivity index (χ4n) is 3.85. The van der Waals surface area contributed by atoms with Crippen LogP contribution in [0.5, 0.6) is 0 Å². The summed E-state index contributed by atoms with van der Waals surface area (Å²) in [5.74, 6) is 1.61. The molecular formula is C19H33IN6. The van der Waals surface area contributed by atoms with Crippen LogP contribution in [0.2, 0.25) is 0 Å². The van der Waals surface area contributed by atoms with Crippen molar-refractivity contribution in [2.75, 3.05) is 37.6 Å². The van der Waals surface area contributed by atoms with Crippen LogP contribution in [0.15, 0.2) is 23.3 Å². The molecule has 2 fully saturated rings. The maximum absolute atomic E-state index is 6.06. The molecule has 3 N–H and O–H groups in total. The molecule has 3 rings (SSSR count). The number of hydrogen-bond acceptors (Lipinski definition) is 4. The number of aromatic nitrogens is 1. The van der Waals surface area contributed by atoms with E-state index in [1.165, 1.54) is 38.6 Å². The molecule has 26 heavy (non-hydrogen) atoms. The molecule has 0 bridgehead atoms. The molecule has 7 heteroatoms. The Hall–Kier alpha value is -1.09. The number of hydrogen-bond donors (Lipinski definition) is 2. The van der Waals surface area contributed by atoms with E-state index < -0.39 is 0 Å². The van der Waals surface area contributed by atoms with Crippen LogP contribution in [0.4, 0.5) is 5.82 Å². The lowest BCUT2D eigenvalue weighted by Gasteiger charge is -2.27. The number of pyridine rings is 1. The average Bonchev–Trinajstić information content (AvgIpc) is 3.13. The second kappa shape index (κ2) is 10.9. The van der Waals surface area contributed by atoms with Crippen molar-refractivity contribution >= 4 is 35.8 Å². The van der Waals surface area contributed by atoms with Crippen LogP contribution in [-0.2, 0) is 6.54 Å². The van der Waals surface area contributed by atoms with Gasteiger partial charge in [0.25, 0.3) is 0 Å². The first-order chi connectivity index (χ1) is 12.3. The fourth-order valence-corrected chi connectivity index (χ4v) is 3.85. The lowest BCUT2D eigenvalue weighted by molar-refractivity contribution is 0.267. The standard InChI is InChI=1S/C19H32N6.HI/c1-2-24-12-6-7-17(24)15-23-19(20)22-14-16-8-9-21-18(13-16)25-10-4-3-5-11-25;/h8-9,13,17H,2-7,10-12,14-15H2,1H3,(H3,20,22,23);1H. The topological polar surface area (TPSA) is 69.8 Å². The molecule has 0 aromatic carbocycles. The summed E-state index contributed by atoms with van der Waals surface area (Å²) < 4.78 is 0. The summed E-state index contributed by atoms with van der Waals surface area (Å²) in [4.78, 5) is 13.9. The van der Waals surface area contributed by atoms with Gasteiger partial charge in [-0.2, -0.15) is 0 Å². The molecule has 2 aliphatic heterocycles. The molecule has 0 spiro atoms. The molecule has 0 amide bonds. The fraction of sp³-hybridized carbons (Fsp3) is 0.684. The highest BCUT2D eigenvalue weighted by Gasteiger charge is 2.22. The Balaban J connectivity index is 0.00000243. The summed E-state index contributed by atoms with van der Waals surface area (Å²) in [7, 11) is 0. The van der Waals surface area contributed by atoms with Crippen molar-refractivity contribution in [3.05, 3.63) is 23.9 Å². The number of nitrogens with two attached hydrogens (primary N) is 1. The zero-order valence-electron chi connectivity index (χ0n) is 15.9. The van der Waals surface area contributed by atoms with Crippen molar-refractivity contribution in [1.29, 1.82) is 0 Å². The zero-order chi connectivity index (χ0) is 17.5. The number of rotatable bonds is 6. The Morgan fingerprint density at radius 1 is 1.27 bits per heavy atom. The largest absolute Gasteiger partial charge is 0.370 e. The Bertz CT molecular complexity index is 573. The Morgan fingerprint density at radius 3 is 2.85 bits per heavy atom. The summed E-state index contributed by atoms with van der Waals surface area (Å²) >= 11 is 0. The quantitative estimate of drug-likeness (QED) is 0.379. The van der Waals surface area contributed by atoms with Crippen LogP contribution in [0.3, 0.4) is 0 Å². The van der Waals surface area contributed by atoms with Gasteiger partial charge in [-0.1, -0.05) is 6.92 Å². The van der Waals surface area contributed by atoms with Gasteiger partial charge in [0.2, 0.25) is 0 Å². The monoisotopic (exact) mass is 472 g/mol. The van der Waals surface area contributed by atoms with Gasteiger partial charge in [0.05, 0.1) is 6.54 Å². The van der Waals surface area contributed by atoms with Crippen molar-refractivity contribution in [3.8, 4) is 0 Å². The summed E-state index contributed by atoms with van der Waals surface area (Å²) in [5, 5.41) is 3.30. The second-order valence-electron chi connectivity index (χ2n) is 7.08. The van der Waals surface area contributed by atoms with Crippen molar-refractivity contribution < 1.29 is 0 Å². The number of likely N-dealkylation sites (N-methyl/N-ethyl adjacent to an activating group) is 1. The lowest BCUT2D eigenvalue weighted by atomic mass is 10.1. The number of likely N-dealkylation sites (tertiary alicyclic amines) is 1. The molecule has 0 saturated carbocycles. The predicted octanol–water partition coefficient (Wildman–Crippen LogP) is 2.58. The molecule has 3 heterocycles. The maximum atomic E-state index is 6.06. The van der Waals surface area contributed by atoms with Crippen molar-refractivity contribution in [2.45, 2.75) is 51.6 Å². The van der Waals surface area contributed by atoms with Crippen LogP contribution in [0.1, 0.15) is 44.6 Å². The smallest absolute Gasteiger partial charge is 0.188 e. The summed E-state index contributed by atoms with van der Waals surface area (Å²) in [6.45, 7) is 8.25.